The van der Waals surface area contributed by atoms with E-state index in [2.05, 4.69) is 4.90 Å². The summed E-state index contributed by atoms with van der Waals surface area (Å²) in [5, 5.41) is 7.03. The summed E-state index contributed by atoms with van der Waals surface area (Å²) < 4.78 is 5.62. The van der Waals surface area contributed by atoms with E-state index in [-0.39, 0.29) is 18.0 Å². The van der Waals surface area contributed by atoms with Gasteiger partial charge in [-0.25, -0.2) is 5.01 Å². The van der Waals surface area contributed by atoms with Gasteiger partial charge in [0.1, 0.15) is 11.8 Å². The number of piperidine rings is 1. The molecule has 1 amide bonds. The minimum Gasteiger partial charge on any atom is -0.467 e. The van der Waals surface area contributed by atoms with Crippen molar-refractivity contribution in [1.82, 2.24) is 9.91 Å². The van der Waals surface area contributed by atoms with Crippen molar-refractivity contribution in [1.29, 1.82) is 0 Å². The van der Waals surface area contributed by atoms with E-state index in [1.54, 1.807) is 11.3 Å². The molecule has 1 fully saturated rings. The number of hydrogen-bond acceptors (Lipinski definition) is 4. The quantitative estimate of drug-likeness (QED) is 0.779. The van der Waals surface area contributed by atoms with Crippen LogP contribution in [0.2, 0.25) is 5.02 Å². The van der Waals surface area contributed by atoms with Gasteiger partial charge in [0.25, 0.3) is 5.91 Å². The van der Waals surface area contributed by atoms with E-state index in [4.69, 9.17) is 21.1 Å². The third kappa shape index (κ3) is 3.80. The Balaban J connectivity index is 1.61. The molecule has 0 spiro atoms. The Hall–Kier alpha value is -2.11. The van der Waals surface area contributed by atoms with Crippen LogP contribution in [0.4, 0.5) is 0 Å². The topological polar surface area (TPSA) is 49.1 Å². The van der Waals surface area contributed by atoms with E-state index in [9.17, 15) is 4.79 Å². The molecule has 0 saturated carbocycles. The van der Waals surface area contributed by atoms with Crippen molar-refractivity contribution < 1.29 is 9.21 Å². The summed E-state index contributed by atoms with van der Waals surface area (Å²) in [7, 11) is 0. The van der Waals surface area contributed by atoms with Gasteiger partial charge in [-0.3, -0.25) is 9.69 Å². The van der Waals surface area contributed by atoms with Crippen molar-refractivity contribution in [3.8, 4) is 0 Å². The van der Waals surface area contributed by atoms with Crippen LogP contribution in [0.25, 0.3) is 0 Å². The summed E-state index contributed by atoms with van der Waals surface area (Å²) in [5.41, 5.74) is 1.86. The lowest BCUT2D eigenvalue weighted by Gasteiger charge is -2.33. The Bertz CT molecular complexity index is 810. The third-order valence-electron chi connectivity index (χ3n) is 5.48. The number of amides is 1. The third-order valence-corrected chi connectivity index (χ3v) is 5.73. The molecule has 1 saturated heterocycles. The second-order valence-corrected chi connectivity index (χ2v) is 7.68. The number of carbonyl (C=O) groups excluding carboxylic acids is 1. The summed E-state index contributed by atoms with van der Waals surface area (Å²) in [6, 6.07) is 11.0. The summed E-state index contributed by atoms with van der Waals surface area (Å²) >= 11 is 6.01. The van der Waals surface area contributed by atoms with Gasteiger partial charge in [0, 0.05) is 11.4 Å². The standard InChI is InChI=1S/C21H24ClN3O2/c1-15(24-11-3-2-4-12-24)21(26)25-19(20-6-5-13-27-20)14-18(23-25)16-7-9-17(22)10-8-16/h5-10,13,15,19H,2-4,11-12,14H2,1H3/t15-,19-/m0/s1. The van der Waals surface area contributed by atoms with Gasteiger partial charge in [0.2, 0.25) is 0 Å². The second kappa shape index (κ2) is 7.87. The van der Waals surface area contributed by atoms with Gasteiger partial charge >= 0.3 is 0 Å². The predicted octanol–water partition coefficient (Wildman–Crippen LogP) is 4.49. The first kappa shape index (κ1) is 18.3. The molecule has 1 aromatic carbocycles. The molecule has 2 aliphatic rings. The van der Waals surface area contributed by atoms with Gasteiger partial charge in [-0.05, 0) is 62.7 Å². The van der Waals surface area contributed by atoms with Crippen LogP contribution in [0.15, 0.2) is 52.2 Å². The van der Waals surface area contributed by atoms with Crippen molar-refractivity contribution in [3.63, 3.8) is 0 Å². The number of likely N-dealkylation sites (tertiary alicyclic amines) is 1. The molecule has 0 aliphatic carbocycles. The zero-order valence-electron chi connectivity index (χ0n) is 15.5. The Morgan fingerprint density at radius 1 is 1.19 bits per heavy atom. The average Bonchev–Trinajstić information content (AvgIpc) is 3.38. The normalized spacial score (nSPS) is 21.9. The Labute approximate surface area is 164 Å². The molecule has 0 radical (unpaired) electrons. The minimum absolute atomic E-state index is 0.0299. The highest BCUT2D eigenvalue weighted by Gasteiger charge is 2.38. The average molecular weight is 386 g/mol. The first-order valence-electron chi connectivity index (χ1n) is 9.57. The molecule has 0 N–H and O–H groups in total. The zero-order chi connectivity index (χ0) is 18.8. The van der Waals surface area contributed by atoms with Gasteiger partial charge in [-0.1, -0.05) is 30.2 Å². The maximum Gasteiger partial charge on any atom is 0.260 e. The first-order chi connectivity index (χ1) is 13.1. The highest BCUT2D eigenvalue weighted by molar-refractivity contribution is 6.30. The van der Waals surface area contributed by atoms with Crippen molar-refractivity contribution in [3.05, 3.63) is 59.0 Å². The lowest BCUT2D eigenvalue weighted by atomic mass is 10.0. The lowest BCUT2D eigenvalue weighted by molar-refractivity contribution is -0.139. The number of hydrogen-bond donors (Lipinski definition) is 0. The summed E-state index contributed by atoms with van der Waals surface area (Å²) in [5.74, 6) is 0.796. The fraction of sp³-hybridized carbons (Fsp3) is 0.429. The van der Waals surface area contributed by atoms with Crippen LogP contribution in [0.3, 0.4) is 0 Å². The van der Waals surface area contributed by atoms with E-state index >= 15 is 0 Å². The number of hydrazone groups is 1. The van der Waals surface area contributed by atoms with E-state index in [1.807, 2.05) is 43.3 Å². The van der Waals surface area contributed by atoms with Crippen LogP contribution in [0.5, 0.6) is 0 Å². The molecule has 2 aliphatic heterocycles. The Kier molecular flexibility index (Phi) is 5.32. The second-order valence-electron chi connectivity index (χ2n) is 7.24. The van der Waals surface area contributed by atoms with Gasteiger partial charge in [0.05, 0.1) is 18.0 Å². The molecule has 27 heavy (non-hydrogen) atoms. The highest BCUT2D eigenvalue weighted by atomic mass is 35.5. The molecule has 4 rings (SSSR count). The van der Waals surface area contributed by atoms with Crippen LogP contribution in [0.1, 0.15) is 50.0 Å². The molecular weight excluding hydrogens is 362 g/mol. The van der Waals surface area contributed by atoms with E-state index in [0.29, 0.717) is 11.4 Å². The Morgan fingerprint density at radius 2 is 1.93 bits per heavy atom. The van der Waals surface area contributed by atoms with Gasteiger partial charge < -0.3 is 4.42 Å². The largest absolute Gasteiger partial charge is 0.467 e. The number of nitrogens with zero attached hydrogens (tertiary/aromatic N) is 3. The zero-order valence-corrected chi connectivity index (χ0v) is 16.2. The number of halogens is 1. The van der Waals surface area contributed by atoms with E-state index in [1.165, 1.54) is 6.42 Å². The highest BCUT2D eigenvalue weighted by Crippen LogP contribution is 2.34. The molecule has 2 atom stereocenters. The van der Waals surface area contributed by atoms with Crippen LogP contribution >= 0.6 is 11.6 Å². The molecule has 5 nitrogen and oxygen atoms in total. The lowest BCUT2D eigenvalue weighted by Crippen LogP contribution is -2.47. The Morgan fingerprint density at radius 3 is 2.59 bits per heavy atom. The molecule has 0 bridgehead atoms. The van der Waals surface area contributed by atoms with Crippen LogP contribution in [0, 0.1) is 0 Å². The van der Waals surface area contributed by atoms with Crippen LogP contribution in [-0.2, 0) is 4.79 Å². The monoisotopic (exact) mass is 385 g/mol. The van der Waals surface area contributed by atoms with Crippen molar-refractivity contribution in [2.45, 2.75) is 44.7 Å². The molecule has 6 heteroatoms. The summed E-state index contributed by atoms with van der Waals surface area (Å²) in [6.45, 7) is 3.93. The molecule has 3 heterocycles. The number of benzene rings is 1. The smallest absolute Gasteiger partial charge is 0.260 e. The molecular formula is C21H24ClN3O2. The number of rotatable bonds is 4. The fourth-order valence-electron chi connectivity index (χ4n) is 3.89. The maximum atomic E-state index is 13.3. The molecule has 1 aromatic heterocycles. The first-order valence-corrected chi connectivity index (χ1v) is 9.95. The minimum atomic E-state index is -0.203. The molecule has 2 aromatic rings. The molecule has 0 unspecified atom stereocenters. The summed E-state index contributed by atoms with van der Waals surface area (Å²) in [4.78, 5) is 15.6. The van der Waals surface area contributed by atoms with Gasteiger partial charge in [0.15, 0.2) is 0 Å². The fourth-order valence-corrected chi connectivity index (χ4v) is 4.01. The number of furan rings is 1. The summed E-state index contributed by atoms with van der Waals surface area (Å²) in [6.07, 6.45) is 5.83. The van der Waals surface area contributed by atoms with Gasteiger partial charge in [-0.15, -0.1) is 0 Å². The SMILES string of the molecule is C[C@@H](C(=O)N1N=C(c2ccc(Cl)cc2)C[C@H]1c1ccco1)N1CCCCC1. The van der Waals surface area contributed by atoms with Crippen LogP contribution < -0.4 is 0 Å². The predicted molar refractivity (Wildman–Crippen MR) is 106 cm³/mol. The van der Waals surface area contributed by atoms with Crippen molar-refractivity contribution in [2.75, 3.05) is 13.1 Å². The van der Waals surface area contributed by atoms with Crippen LogP contribution in [-0.4, -0.2) is 40.7 Å². The maximum absolute atomic E-state index is 13.3. The van der Waals surface area contributed by atoms with E-state index < -0.39 is 0 Å². The van der Waals surface area contributed by atoms with Gasteiger partial charge in [-0.2, -0.15) is 5.10 Å². The van der Waals surface area contributed by atoms with Crippen molar-refractivity contribution >= 4 is 23.2 Å². The van der Waals surface area contributed by atoms with Crippen molar-refractivity contribution in [2.24, 2.45) is 5.10 Å². The number of carbonyl (C=O) groups is 1. The van der Waals surface area contributed by atoms with E-state index in [0.717, 1.165) is 43.0 Å². The molecule has 142 valence electrons.